The zero-order chi connectivity index (χ0) is 19.2. The van der Waals surface area contributed by atoms with Crippen LogP contribution in [0.1, 0.15) is 63.1 Å². The van der Waals surface area contributed by atoms with Crippen molar-refractivity contribution in [1.29, 1.82) is 0 Å². The highest BCUT2D eigenvalue weighted by Crippen LogP contribution is 2.27. The first-order valence-corrected chi connectivity index (χ1v) is 9.18. The smallest absolute Gasteiger partial charge is 0.306 e. The van der Waals surface area contributed by atoms with Crippen LogP contribution in [0.25, 0.3) is 0 Å². The molecule has 2 aromatic rings. The normalized spacial score (nSPS) is 13.9. The Hall–Kier alpha value is -2.20. The van der Waals surface area contributed by atoms with Gasteiger partial charge in [0.15, 0.2) is 0 Å². The third-order valence-electron chi connectivity index (χ3n) is 4.04. The van der Waals surface area contributed by atoms with Crippen LogP contribution in [0.5, 0.6) is 0 Å². The van der Waals surface area contributed by atoms with Crippen molar-refractivity contribution >= 4 is 5.97 Å². The summed E-state index contributed by atoms with van der Waals surface area (Å²) in [7, 11) is 0. The highest BCUT2D eigenvalue weighted by atomic mass is 16.6. The van der Waals surface area contributed by atoms with E-state index in [1.807, 2.05) is 46.0 Å². The van der Waals surface area contributed by atoms with E-state index < -0.39 is 5.60 Å². The SMILES string of the molecule is CC(N)CC(CC(=O)OC(C)(C)C)c1cccc(Cc2cccnc2)c1. The molecule has 4 heteroatoms. The van der Waals surface area contributed by atoms with Crippen LogP contribution in [0.15, 0.2) is 48.8 Å². The molecular weight excluding hydrogens is 324 g/mol. The highest BCUT2D eigenvalue weighted by molar-refractivity contribution is 5.71. The molecule has 0 saturated carbocycles. The summed E-state index contributed by atoms with van der Waals surface area (Å²) < 4.78 is 5.51. The summed E-state index contributed by atoms with van der Waals surface area (Å²) in [5, 5.41) is 0. The number of hydrogen-bond donors (Lipinski definition) is 1. The van der Waals surface area contributed by atoms with Crippen LogP contribution in [0.4, 0.5) is 0 Å². The van der Waals surface area contributed by atoms with Gasteiger partial charge in [-0.3, -0.25) is 9.78 Å². The van der Waals surface area contributed by atoms with Gasteiger partial charge in [-0.15, -0.1) is 0 Å². The quantitative estimate of drug-likeness (QED) is 0.756. The fourth-order valence-corrected chi connectivity index (χ4v) is 3.07. The van der Waals surface area contributed by atoms with E-state index in [0.29, 0.717) is 6.42 Å². The lowest BCUT2D eigenvalue weighted by Gasteiger charge is -2.23. The first-order chi connectivity index (χ1) is 12.2. The van der Waals surface area contributed by atoms with Crippen molar-refractivity contribution in [2.45, 2.75) is 64.5 Å². The molecule has 0 amide bonds. The highest BCUT2D eigenvalue weighted by Gasteiger charge is 2.22. The molecule has 2 N–H and O–H groups in total. The van der Waals surface area contributed by atoms with Gasteiger partial charge in [-0.05, 0) is 69.2 Å². The average molecular weight is 354 g/mol. The Morgan fingerprint density at radius 1 is 1.19 bits per heavy atom. The minimum Gasteiger partial charge on any atom is -0.460 e. The number of rotatable bonds is 7. The van der Waals surface area contributed by atoms with Crippen LogP contribution in [-0.2, 0) is 16.0 Å². The molecule has 0 aliphatic rings. The number of nitrogens with zero attached hydrogens (tertiary/aromatic N) is 1. The van der Waals surface area contributed by atoms with Crippen LogP contribution in [0.2, 0.25) is 0 Å². The van der Waals surface area contributed by atoms with E-state index in [2.05, 4.69) is 29.2 Å². The lowest BCUT2D eigenvalue weighted by Crippen LogP contribution is -2.26. The standard InChI is InChI=1S/C22H30N2O2/c1-16(23)11-20(14-21(25)26-22(2,3)4)19-9-5-7-17(13-19)12-18-8-6-10-24-15-18/h5-10,13,15-16,20H,11-12,14,23H2,1-4H3. The maximum atomic E-state index is 12.3. The van der Waals surface area contributed by atoms with Crippen molar-refractivity contribution in [3.8, 4) is 0 Å². The van der Waals surface area contributed by atoms with Gasteiger partial charge >= 0.3 is 5.97 Å². The Morgan fingerprint density at radius 2 is 1.92 bits per heavy atom. The Morgan fingerprint density at radius 3 is 2.54 bits per heavy atom. The van der Waals surface area contributed by atoms with E-state index in [4.69, 9.17) is 10.5 Å². The van der Waals surface area contributed by atoms with Crippen LogP contribution in [0.3, 0.4) is 0 Å². The summed E-state index contributed by atoms with van der Waals surface area (Å²) in [6, 6.07) is 12.4. The molecule has 0 bridgehead atoms. The van der Waals surface area contributed by atoms with Crippen molar-refractivity contribution in [1.82, 2.24) is 4.98 Å². The molecule has 2 unspecified atom stereocenters. The third kappa shape index (κ3) is 6.96. The molecule has 1 aromatic carbocycles. The number of hydrogen-bond acceptors (Lipinski definition) is 4. The fourth-order valence-electron chi connectivity index (χ4n) is 3.07. The Labute approximate surface area is 156 Å². The van der Waals surface area contributed by atoms with Crippen molar-refractivity contribution in [2.75, 3.05) is 0 Å². The first kappa shape index (κ1) is 20.1. The van der Waals surface area contributed by atoms with Crippen LogP contribution >= 0.6 is 0 Å². The fraction of sp³-hybridized carbons (Fsp3) is 0.455. The minimum atomic E-state index is -0.474. The lowest BCUT2D eigenvalue weighted by atomic mass is 9.88. The van der Waals surface area contributed by atoms with Crippen molar-refractivity contribution in [3.63, 3.8) is 0 Å². The van der Waals surface area contributed by atoms with Gasteiger partial charge in [0, 0.05) is 18.4 Å². The van der Waals surface area contributed by atoms with Crippen molar-refractivity contribution in [2.24, 2.45) is 5.73 Å². The molecule has 4 nitrogen and oxygen atoms in total. The summed E-state index contributed by atoms with van der Waals surface area (Å²) in [4.78, 5) is 16.5. The largest absolute Gasteiger partial charge is 0.460 e. The molecule has 26 heavy (non-hydrogen) atoms. The van der Waals surface area contributed by atoms with Crippen LogP contribution in [0, 0.1) is 0 Å². The van der Waals surface area contributed by atoms with Gasteiger partial charge in [0.1, 0.15) is 5.60 Å². The molecule has 0 fully saturated rings. The predicted octanol–water partition coefficient (Wildman–Crippen LogP) is 4.23. The van der Waals surface area contributed by atoms with E-state index in [0.717, 1.165) is 18.4 Å². The lowest BCUT2D eigenvalue weighted by molar-refractivity contribution is -0.155. The zero-order valence-electron chi connectivity index (χ0n) is 16.2. The summed E-state index contributed by atoms with van der Waals surface area (Å²) in [6.07, 6.45) is 5.57. The molecule has 0 aliphatic carbocycles. The van der Waals surface area contributed by atoms with Gasteiger partial charge in [-0.2, -0.15) is 0 Å². The summed E-state index contributed by atoms with van der Waals surface area (Å²) in [6.45, 7) is 7.64. The van der Waals surface area contributed by atoms with E-state index in [9.17, 15) is 4.79 Å². The van der Waals surface area contributed by atoms with Crippen LogP contribution in [-0.4, -0.2) is 22.6 Å². The number of pyridine rings is 1. The monoisotopic (exact) mass is 354 g/mol. The zero-order valence-corrected chi connectivity index (χ0v) is 16.2. The van der Waals surface area contributed by atoms with Crippen molar-refractivity contribution < 1.29 is 9.53 Å². The molecule has 0 saturated heterocycles. The third-order valence-corrected chi connectivity index (χ3v) is 4.04. The number of carbonyl (C=O) groups is 1. The summed E-state index contributed by atoms with van der Waals surface area (Å²) in [5.74, 6) is -0.125. The second-order valence-corrected chi connectivity index (χ2v) is 7.98. The van der Waals surface area contributed by atoms with Gasteiger partial charge in [-0.1, -0.05) is 30.3 Å². The topological polar surface area (TPSA) is 65.2 Å². The number of nitrogens with two attached hydrogens (primary N) is 1. The number of benzene rings is 1. The van der Waals surface area contributed by atoms with Gasteiger partial charge < -0.3 is 10.5 Å². The summed E-state index contributed by atoms with van der Waals surface area (Å²) >= 11 is 0. The van der Waals surface area contributed by atoms with E-state index >= 15 is 0 Å². The molecule has 0 aliphatic heterocycles. The molecule has 140 valence electrons. The number of ether oxygens (including phenoxy) is 1. The minimum absolute atomic E-state index is 0.0180. The van der Waals surface area contributed by atoms with E-state index in [1.54, 1.807) is 6.20 Å². The van der Waals surface area contributed by atoms with Gasteiger partial charge in [0.25, 0.3) is 0 Å². The Bertz CT molecular complexity index is 706. The van der Waals surface area contributed by atoms with Gasteiger partial charge in [0.05, 0.1) is 6.42 Å². The second-order valence-electron chi connectivity index (χ2n) is 7.98. The van der Waals surface area contributed by atoms with Crippen LogP contribution < -0.4 is 5.73 Å². The van der Waals surface area contributed by atoms with E-state index in [1.165, 1.54) is 11.1 Å². The van der Waals surface area contributed by atoms with Gasteiger partial charge in [0.2, 0.25) is 0 Å². The molecule has 1 aromatic heterocycles. The molecule has 2 rings (SSSR count). The predicted molar refractivity (Wildman–Crippen MR) is 105 cm³/mol. The molecule has 0 radical (unpaired) electrons. The first-order valence-electron chi connectivity index (χ1n) is 9.18. The Balaban J connectivity index is 2.16. The number of aromatic nitrogens is 1. The molecule has 0 spiro atoms. The molecule has 2 atom stereocenters. The second kappa shape index (κ2) is 8.95. The number of carbonyl (C=O) groups excluding carboxylic acids is 1. The maximum Gasteiger partial charge on any atom is 0.306 e. The van der Waals surface area contributed by atoms with E-state index in [-0.39, 0.29) is 17.9 Å². The van der Waals surface area contributed by atoms with Crippen molar-refractivity contribution in [3.05, 3.63) is 65.5 Å². The van der Waals surface area contributed by atoms with Gasteiger partial charge in [-0.25, -0.2) is 0 Å². The molecular formula is C22H30N2O2. The molecule has 1 heterocycles. The summed E-state index contributed by atoms with van der Waals surface area (Å²) in [5.41, 5.74) is 9.06. The average Bonchev–Trinajstić information content (AvgIpc) is 2.53. The number of esters is 1. The Kier molecular flexibility index (Phi) is 6.92. The maximum absolute atomic E-state index is 12.3.